The number of fused-ring (bicyclic) bond motifs is 2. The average molecular weight is 1390 g/mol. The molecule has 2 aliphatic carbocycles. The molecule has 4 heterocycles. The van der Waals surface area contributed by atoms with Gasteiger partial charge in [0.1, 0.15) is 29.5 Å². The molecule has 2 amide bonds. The zero-order valence-electron chi connectivity index (χ0n) is 54.5. The van der Waals surface area contributed by atoms with Crippen molar-refractivity contribution < 1.29 is 98.7 Å². The molecule has 4 aliphatic heterocycles. The second-order valence-electron chi connectivity index (χ2n) is 24.4. The van der Waals surface area contributed by atoms with E-state index >= 15 is 0 Å². The van der Waals surface area contributed by atoms with Gasteiger partial charge in [-0.3, -0.25) is 24.6 Å². The smallest absolute Gasteiger partial charge is 0.497 e. The van der Waals surface area contributed by atoms with Gasteiger partial charge in [0, 0.05) is 19.1 Å². The molecule has 0 aromatic heterocycles. The standard InChI is InChI=1S/C30H40N2O9S.C25H34N2O6S.C13H13NO7/c1-37-22-12-14-24(15-13-22)42(35,36)32(41-23-10-6-3-7-11-23)19-27(33)26(18-21-8-4-2-5-9-21)31-30(34)40-28-20-39-29-25(28)16-17-38-29;1-19(28)26-24(17-20-9-5-3-6-10-20)25(29)18-27(33-22-11-7-4-8-12-22)34(30,31)23-15-13-21(32-2)14-16-23;15-13(20-9-3-1-8(2-4-9)14(16)17)21-11-7-19-12-10(11)5-6-18-12/h2,4-5,8-9,12-15,23,25-29,33H,3,6-7,10-11,16-20H2,1H3,(H,31,34);3,5-6,9-10,13-16,22,24-25,29H,4,7-8,11-12,17-18H2,1-2H3,(H,26,28);1-4,10-12H,5-7H2. The fourth-order valence-corrected chi connectivity index (χ4v) is 14.8. The lowest BCUT2D eigenvalue weighted by atomic mass is 9.98. The van der Waals surface area contributed by atoms with Gasteiger partial charge in [-0.25, -0.2) is 26.4 Å². The Labute approximate surface area is 565 Å². The Morgan fingerprint density at radius 2 is 0.969 bits per heavy atom. The number of carbonyl (C=O) groups is 3. The van der Waals surface area contributed by atoms with Crippen LogP contribution in [0.1, 0.15) is 95.1 Å². The number of hydroxylamine groups is 2. The predicted octanol–water partition coefficient (Wildman–Crippen LogP) is 8.34. The van der Waals surface area contributed by atoms with E-state index in [1.165, 1.54) is 69.7 Å². The lowest BCUT2D eigenvalue weighted by Crippen LogP contribution is -2.51. The molecule has 10 unspecified atom stereocenters. The van der Waals surface area contributed by atoms with Crippen LogP contribution >= 0.6 is 0 Å². The number of hydrogen-bond acceptors (Lipinski definition) is 22. The highest BCUT2D eigenvalue weighted by atomic mass is 32.2. The molecule has 4 N–H and O–H groups in total. The number of alkyl carbamates (subject to hydrolysis) is 1. The number of ether oxygens (including phenoxy) is 9. The summed E-state index contributed by atoms with van der Waals surface area (Å²) in [5.74, 6) is 0.924. The number of methoxy groups -OCH3 is 2. The Morgan fingerprint density at radius 3 is 1.38 bits per heavy atom. The topological polar surface area (TPSA) is 335 Å². The van der Waals surface area contributed by atoms with E-state index in [0.717, 1.165) is 97.1 Å². The molecule has 6 aliphatic rings. The maximum Gasteiger partial charge on any atom is 0.514 e. The van der Waals surface area contributed by atoms with Crippen molar-refractivity contribution in [1.29, 1.82) is 0 Å². The molecular weight excluding hydrogens is 1300 g/mol. The Hall–Kier alpha value is -7.39. The van der Waals surface area contributed by atoms with E-state index in [0.29, 0.717) is 31.1 Å². The molecule has 528 valence electrons. The molecule has 0 bridgehead atoms. The van der Waals surface area contributed by atoms with Gasteiger partial charge in [-0.1, -0.05) is 108 Å². The third-order valence-electron chi connectivity index (χ3n) is 17.5. The van der Waals surface area contributed by atoms with E-state index in [-0.39, 0.29) is 96.0 Å². The van der Waals surface area contributed by atoms with Crippen LogP contribution in [0.25, 0.3) is 0 Å². The van der Waals surface area contributed by atoms with Crippen LogP contribution in [0.15, 0.2) is 143 Å². The number of nitro groups is 1. The summed E-state index contributed by atoms with van der Waals surface area (Å²) < 4.78 is 104. The zero-order chi connectivity index (χ0) is 68.9. The molecule has 0 spiro atoms. The van der Waals surface area contributed by atoms with Crippen molar-refractivity contribution >= 4 is 43.9 Å². The van der Waals surface area contributed by atoms with Crippen LogP contribution in [0, 0.1) is 22.0 Å². The van der Waals surface area contributed by atoms with E-state index < -0.39 is 74.2 Å². The molecule has 5 aromatic carbocycles. The number of amides is 2. The van der Waals surface area contributed by atoms with Crippen LogP contribution in [-0.2, 0) is 75.8 Å². The van der Waals surface area contributed by atoms with Gasteiger partial charge < -0.3 is 63.5 Å². The SMILES string of the molecule is COc1ccc(S(=O)(=O)N(CC(O)C(Cc2ccccc2)NC(=O)OC2COC3OCCC23)OC2CCCCC2)cc1.COc1ccc(S(=O)(=O)N(CC(O)C(Cc2ccccc2)NC(C)=O)OC2CCCCC2)cc1.O=C(Oc1ccc([N+](=O)[O-])cc1)OC1COC2OCCC12. The van der Waals surface area contributed by atoms with Crippen LogP contribution < -0.4 is 24.8 Å². The molecule has 11 rings (SSSR count). The average Bonchev–Trinajstić information content (AvgIpc) is 1.50. The van der Waals surface area contributed by atoms with E-state index in [2.05, 4.69) is 10.6 Å². The number of non-ortho nitro benzene ring substituents is 1. The maximum absolute atomic E-state index is 13.8. The Balaban J connectivity index is 0.000000180. The van der Waals surface area contributed by atoms with Crippen LogP contribution in [-0.4, -0.2) is 174 Å². The van der Waals surface area contributed by atoms with Crippen LogP contribution in [0.5, 0.6) is 17.2 Å². The first-order valence-electron chi connectivity index (χ1n) is 32.7. The summed E-state index contributed by atoms with van der Waals surface area (Å²) in [5, 5.41) is 38.7. The normalized spacial score (nSPS) is 22.2. The third-order valence-corrected chi connectivity index (χ3v) is 20.8. The largest absolute Gasteiger partial charge is 0.514 e. The third kappa shape index (κ3) is 21.3. The van der Waals surface area contributed by atoms with Gasteiger partial charge in [-0.15, -0.1) is 0 Å². The van der Waals surface area contributed by atoms with Crippen molar-refractivity contribution in [3.63, 3.8) is 0 Å². The summed E-state index contributed by atoms with van der Waals surface area (Å²) >= 11 is 0. The molecule has 4 saturated heterocycles. The monoisotopic (exact) mass is 1390 g/mol. The molecule has 2 saturated carbocycles. The van der Waals surface area contributed by atoms with Gasteiger partial charge in [0.2, 0.25) is 5.91 Å². The van der Waals surface area contributed by atoms with E-state index in [1.54, 1.807) is 24.3 Å². The fraction of sp³-hybridized carbons (Fsp3) is 0.515. The first-order chi connectivity index (χ1) is 46.7. The number of nitrogens with one attached hydrogen (secondary N) is 2. The predicted molar refractivity (Wildman–Crippen MR) is 348 cm³/mol. The molecule has 0 radical (unpaired) electrons. The summed E-state index contributed by atoms with van der Waals surface area (Å²) in [6.07, 6.45) is 4.85. The molecular formula is C68H87N5O22S2. The van der Waals surface area contributed by atoms with Gasteiger partial charge in [0.15, 0.2) is 12.6 Å². The first-order valence-corrected chi connectivity index (χ1v) is 35.6. The van der Waals surface area contributed by atoms with Crippen molar-refractivity contribution in [2.75, 3.05) is 53.7 Å². The number of aliphatic hydroxyl groups is 2. The van der Waals surface area contributed by atoms with Crippen molar-refractivity contribution in [1.82, 2.24) is 19.6 Å². The fourth-order valence-electron chi connectivity index (χ4n) is 12.2. The Bertz CT molecular complexity index is 3520. The highest BCUT2D eigenvalue weighted by Gasteiger charge is 2.46. The quantitative estimate of drug-likeness (QED) is 0.0175. The Morgan fingerprint density at radius 1 is 0.557 bits per heavy atom. The number of sulfonamides is 2. The summed E-state index contributed by atoms with van der Waals surface area (Å²) in [6.45, 7) is 2.31. The summed E-state index contributed by atoms with van der Waals surface area (Å²) in [5.41, 5.74) is 1.69. The second-order valence-corrected chi connectivity index (χ2v) is 28.0. The molecule has 5 aromatic rings. The number of hydrogen-bond donors (Lipinski definition) is 4. The minimum absolute atomic E-state index is 0.00728. The Kier molecular flexibility index (Phi) is 27.3. The van der Waals surface area contributed by atoms with Gasteiger partial charge in [0.05, 0.1) is 117 Å². The first kappa shape index (κ1) is 73.8. The minimum Gasteiger partial charge on any atom is -0.497 e. The van der Waals surface area contributed by atoms with E-state index in [9.17, 15) is 51.5 Å². The van der Waals surface area contributed by atoms with Gasteiger partial charge in [-0.2, -0.15) is 0 Å². The van der Waals surface area contributed by atoms with Crippen LogP contribution in [0.4, 0.5) is 15.3 Å². The number of carbonyl (C=O) groups excluding carboxylic acids is 3. The number of nitrogens with zero attached hydrogens (tertiary/aromatic N) is 3. The van der Waals surface area contributed by atoms with E-state index in [1.807, 2.05) is 60.7 Å². The molecule has 6 fully saturated rings. The molecule has 29 heteroatoms. The molecule has 10 atom stereocenters. The van der Waals surface area contributed by atoms with Crippen molar-refractivity contribution in [3.05, 3.63) is 155 Å². The number of aliphatic hydroxyl groups excluding tert-OH is 2. The zero-order valence-corrected chi connectivity index (χ0v) is 56.1. The number of nitro benzene ring substituents is 1. The van der Waals surface area contributed by atoms with E-state index in [4.69, 9.17) is 52.3 Å². The van der Waals surface area contributed by atoms with Crippen LogP contribution in [0.2, 0.25) is 0 Å². The van der Waals surface area contributed by atoms with Crippen molar-refractivity contribution in [2.24, 2.45) is 11.8 Å². The summed E-state index contributed by atoms with van der Waals surface area (Å²) in [6, 6.07) is 34.4. The van der Waals surface area contributed by atoms with Gasteiger partial charge in [0.25, 0.3) is 25.7 Å². The lowest BCUT2D eigenvalue weighted by Gasteiger charge is -2.32. The summed E-state index contributed by atoms with van der Waals surface area (Å²) in [4.78, 5) is 58.7. The number of benzene rings is 5. The van der Waals surface area contributed by atoms with Crippen LogP contribution in [0.3, 0.4) is 0 Å². The summed E-state index contributed by atoms with van der Waals surface area (Å²) in [7, 11) is -5.23. The second kappa shape index (κ2) is 35.9. The van der Waals surface area contributed by atoms with Crippen molar-refractivity contribution in [3.8, 4) is 17.2 Å². The minimum atomic E-state index is -4.16. The van der Waals surface area contributed by atoms with Gasteiger partial charge >= 0.3 is 12.2 Å². The molecule has 97 heavy (non-hydrogen) atoms. The van der Waals surface area contributed by atoms with Crippen molar-refractivity contribution in [2.45, 2.75) is 168 Å². The highest BCUT2D eigenvalue weighted by Crippen LogP contribution is 2.35. The maximum atomic E-state index is 13.8. The molecule has 27 nitrogen and oxygen atoms in total. The highest BCUT2D eigenvalue weighted by molar-refractivity contribution is 7.89. The lowest BCUT2D eigenvalue weighted by molar-refractivity contribution is -0.384. The van der Waals surface area contributed by atoms with Gasteiger partial charge in [-0.05, 0) is 123 Å². The number of rotatable bonds is 26.